The Morgan fingerprint density at radius 1 is 1.44 bits per heavy atom. The van der Waals surface area contributed by atoms with Crippen molar-refractivity contribution >= 4 is 11.6 Å². The van der Waals surface area contributed by atoms with E-state index in [1.807, 2.05) is 31.2 Å². The van der Waals surface area contributed by atoms with E-state index in [0.29, 0.717) is 6.54 Å². The predicted molar refractivity (Wildman–Crippen MR) is 73.9 cm³/mol. The van der Waals surface area contributed by atoms with Crippen molar-refractivity contribution < 1.29 is 9.53 Å². The van der Waals surface area contributed by atoms with E-state index in [0.717, 1.165) is 24.4 Å². The summed E-state index contributed by atoms with van der Waals surface area (Å²) >= 11 is 0. The van der Waals surface area contributed by atoms with Crippen LogP contribution in [0.1, 0.15) is 13.3 Å². The van der Waals surface area contributed by atoms with Gasteiger partial charge in [-0.05, 0) is 32.0 Å². The molecule has 0 aliphatic rings. The first kappa shape index (κ1) is 14.3. The number of methoxy groups -OCH3 is 1. The van der Waals surface area contributed by atoms with E-state index in [9.17, 15) is 4.79 Å². The summed E-state index contributed by atoms with van der Waals surface area (Å²) < 4.78 is 5.09. The highest BCUT2D eigenvalue weighted by atomic mass is 16.5. The van der Waals surface area contributed by atoms with Crippen molar-refractivity contribution in [1.82, 2.24) is 5.32 Å². The molecule has 2 N–H and O–H groups in total. The molecule has 98 valence electrons. The van der Waals surface area contributed by atoms with Crippen LogP contribution in [0.2, 0.25) is 0 Å². The monoisotopic (exact) mass is 248 g/mol. The Kier molecular flexibility index (Phi) is 6.58. The average molecular weight is 248 g/mol. The molecule has 0 saturated heterocycles. The molecule has 0 unspecified atom stereocenters. The fourth-order valence-corrected chi connectivity index (χ4v) is 1.46. The highest BCUT2D eigenvalue weighted by Gasteiger charge is 2.02. The number of carbonyl (C=O) groups excluding carboxylic acids is 1. The van der Waals surface area contributed by atoms with Gasteiger partial charge in [0.2, 0.25) is 5.91 Å². The molecule has 0 aliphatic carbocycles. The third-order valence-electron chi connectivity index (χ3n) is 2.36. The van der Waals surface area contributed by atoms with Crippen LogP contribution in [0.4, 0.5) is 5.69 Å². The van der Waals surface area contributed by atoms with Gasteiger partial charge in [0.15, 0.2) is 0 Å². The molecular formula is C14H20N2O2. The number of nitrogens with one attached hydrogen (secondary N) is 2. The molecule has 0 saturated carbocycles. The lowest BCUT2D eigenvalue weighted by atomic mass is 10.3. The summed E-state index contributed by atoms with van der Waals surface area (Å²) in [7, 11) is 1.60. The van der Waals surface area contributed by atoms with Crippen LogP contribution in [0.15, 0.2) is 36.4 Å². The summed E-state index contributed by atoms with van der Waals surface area (Å²) in [5.41, 5.74) is 0.745. The van der Waals surface area contributed by atoms with Crippen LogP contribution in [0.3, 0.4) is 0 Å². The highest BCUT2D eigenvalue weighted by molar-refractivity contribution is 5.92. The van der Waals surface area contributed by atoms with E-state index in [2.05, 4.69) is 16.7 Å². The second-order valence-electron chi connectivity index (χ2n) is 3.81. The lowest BCUT2D eigenvalue weighted by Crippen LogP contribution is -2.28. The molecule has 1 amide bonds. The van der Waals surface area contributed by atoms with Gasteiger partial charge in [-0.15, -0.1) is 0 Å². The van der Waals surface area contributed by atoms with Crippen molar-refractivity contribution in [3.05, 3.63) is 36.4 Å². The number of anilines is 1. The van der Waals surface area contributed by atoms with Gasteiger partial charge in [-0.25, -0.2) is 0 Å². The summed E-state index contributed by atoms with van der Waals surface area (Å²) in [5, 5.41) is 5.88. The highest BCUT2D eigenvalue weighted by Crippen LogP contribution is 2.16. The van der Waals surface area contributed by atoms with Crippen LogP contribution in [0.25, 0.3) is 0 Å². The number of hydrogen-bond acceptors (Lipinski definition) is 3. The van der Waals surface area contributed by atoms with Gasteiger partial charge in [-0.3, -0.25) is 4.79 Å². The summed E-state index contributed by atoms with van der Waals surface area (Å²) in [6.45, 7) is 3.10. The zero-order chi connectivity index (χ0) is 13.2. The molecule has 4 heteroatoms. The number of hydrogen-bond donors (Lipinski definition) is 2. The molecule has 0 aromatic heterocycles. The zero-order valence-corrected chi connectivity index (χ0v) is 10.9. The van der Waals surface area contributed by atoms with Crippen molar-refractivity contribution in [2.75, 3.05) is 25.5 Å². The SMILES string of the molecule is C/C=C/CCNCC(=O)Nc1cccc(OC)c1. The molecule has 0 bridgehead atoms. The summed E-state index contributed by atoms with van der Waals surface area (Å²) in [5.74, 6) is 0.678. The van der Waals surface area contributed by atoms with Gasteiger partial charge in [0.05, 0.1) is 13.7 Å². The van der Waals surface area contributed by atoms with Gasteiger partial charge in [0.25, 0.3) is 0 Å². The Bertz CT molecular complexity index is 403. The third-order valence-corrected chi connectivity index (χ3v) is 2.36. The van der Waals surface area contributed by atoms with Gasteiger partial charge in [-0.1, -0.05) is 18.2 Å². The number of benzene rings is 1. The third kappa shape index (κ3) is 5.50. The van der Waals surface area contributed by atoms with Crippen LogP contribution >= 0.6 is 0 Å². The lowest BCUT2D eigenvalue weighted by Gasteiger charge is -2.07. The molecule has 0 spiro atoms. The Morgan fingerprint density at radius 2 is 2.28 bits per heavy atom. The van der Waals surface area contributed by atoms with Gasteiger partial charge in [0, 0.05) is 11.8 Å². The Labute approximate surface area is 108 Å². The summed E-state index contributed by atoms with van der Waals surface area (Å²) in [6, 6.07) is 7.30. The van der Waals surface area contributed by atoms with E-state index in [1.165, 1.54) is 0 Å². The maximum atomic E-state index is 11.6. The van der Waals surface area contributed by atoms with E-state index in [1.54, 1.807) is 13.2 Å². The summed E-state index contributed by atoms with van der Waals surface area (Å²) in [4.78, 5) is 11.6. The van der Waals surface area contributed by atoms with Crippen molar-refractivity contribution in [2.45, 2.75) is 13.3 Å². The van der Waals surface area contributed by atoms with Crippen LogP contribution in [-0.4, -0.2) is 26.1 Å². The first-order valence-electron chi connectivity index (χ1n) is 6.02. The summed E-state index contributed by atoms with van der Waals surface area (Å²) in [6.07, 6.45) is 4.99. The molecule has 0 aliphatic heterocycles. The molecular weight excluding hydrogens is 228 g/mol. The van der Waals surface area contributed by atoms with Crippen molar-refractivity contribution in [1.29, 1.82) is 0 Å². The number of rotatable bonds is 7. The number of ether oxygens (including phenoxy) is 1. The van der Waals surface area contributed by atoms with Crippen LogP contribution in [0.5, 0.6) is 5.75 Å². The molecule has 1 aromatic rings. The first-order chi connectivity index (χ1) is 8.76. The van der Waals surface area contributed by atoms with E-state index < -0.39 is 0 Å². The standard InChI is InChI=1S/C14H20N2O2/c1-3-4-5-9-15-11-14(17)16-12-7-6-8-13(10-12)18-2/h3-4,6-8,10,15H,5,9,11H2,1-2H3,(H,16,17)/b4-3+. The van der Waals surface area contributed by atoms with Crippen molar-refractivity contribution in [3.63, 3.8) is 0 Å². The fourth-order valence-electron chi connectivity index (χ4n) is 1.46. The topological polar surface area (TPSA) is 50.4 Å². The largest absolute Gasteiger partial charge is 0.497 e. The second kappa shape index (κ2) is 8.31. The molecule has 0 radical (unpaired) electrons. The minimum atomic E-state index is -0.0521. The Morgan fingerprint density at radius 3 is 3.00 bits per heavy atom. The van der Waals surface area contributed by atoms with Crippen LogP contribution in [-0.2, 0) is 4.79 Å². The molecule has 0 atom stereocenters. The van der Waals surface area contributed by atoms with Crippen molar-refractivity contribution in [2.24, 2.45) is 0 Å². The number of carbonyl (C=O) groups is 1. The van der Waals surface area contributed by atoms with Crippen molar-refractivity contribution in [3.8, 4) is 5.75 Å². The maximum absolute atomic E-state index is 11.6. The van der Waals surface area contributed by atoms with Gasteiger partial charge >= 0.3 is 0 Å². The number of amides is 1. The minimum absolute atomic E-state index is 0.0521. The predicted octanol–water partition coefficient (Wildman–Crippen LogP) is 2.19. The lowest BCUT2D eigenvalue weighted by molar-refractivity contribution is -0.115. The maximum Gasteiger partial charge on any atom is 0.238 e. The zero-order valence-electron chi connectivity index (χ0n) is 10.9. The van der Waals surface area contributed by atoms with E-state index >= 15 is 0 Å². The average Bonchev–Trinajstić information content (AvgIpc) is 2.38. The second-order valence-corrected chi connectivity index (χ2v) is 3.81. The quantitative estimate of drug-likeness (QED) is 0.574. The smallest absolute Gasteiger partial charge is 0.238 e. The minimum Gasteiger partial charge on any atom is -0.497 e. The molecule has 1 aromatic carbocycles. The Hall–Kier alpha value is -1.81. The molecule has 1 rings (SSSR count). The molecule has 4 nitrogen and oxygen atoms in total. The van der Waals surface area contributed by atoms with E-state index in [4.69, 9.17) is 4.74 Å². The first-order valence-corrected chi connectivity index (χ1v) is 6.02. The van der Waals surface area contributed by atoms with Gasteiger partial charge in [0.1, 0.15) is 5.75 Å². The molecule has 0 heterocycles. The number of allylic oxidation sites excluding steroid dienone is 1. The normalized spacial score (nSPS) is 10.6. The Balaban J connectivity index is 2.30. The van der Waals surface area contributed by atoms with E-state index in [-0.39, 0.29) is 5.91 Å². The molecule has 18 heavy (non-hydrogen) atoms. The van der Waals surface area contributed by atoms with Gasteiger partial charge < -0.3 is 15.4 Å². The van der Waals surface area contributed by atoms with Crippen LogP contribution in [0, 0.1) is 0 Å². The van der Waals surface area contributed by atoms with Gasteiger partial charge in [-0.2, -0.15) is 0 Å². The molecule has 0 fully saturated rings. The fraction of sp³-hybridized carbons (Fsp3) is 0.357. The van der Waals surface area contributed by atoms with Crippen LogP contribution < -0.4 is 15.4 Å².